The van der Waals surface area contributed by atoms with Crippen LogP contribution in [0.2, 0.25) is 0 Å². The zero-order valence-electron chi connectivity index (χ0n) is 7.02. The van der Waals surface area contributed by atoms with Gasteiger partial charge in [0.25, 0.3) is 6.43 Å². The van der Waals surface area contributed by atoms with Gasteiger partial charge in [-0.2, -0.15) is 0 Å². The molecule has 0 heterocycles. The highest BCUT2D eigenvalue weighted by molar-refractivity contribution is 5.77. The van der Waals surface area contributed by atoms with Crippen LogP contribution in [0.4, 0.5) is 8.78 Å². The summed E-state index contributed by atoms with van der Waals surface area (Å²) in [6.45, 7) is 0. The van der Waals surface area contributed by atoms with Gasteiger partial charge in [-0.1, -0.05) is 18.2 Å². The summed E-state index contributed by atoms with van der Waals surface area (Å²) in [6, 6.07) is 5.17. The first-order valence-electron chi connectivity index (χ1n) is 3.83. The molecule has 0 spiro atoms. The number of rotatable bonds is 3. The van der Waals surface area contributed by atoms with E-state index in [1.165, 1.54) is 24.3 Å². The number of hydrogen-bond acceptors (Lipinski definition) is 2. The third kappa shape index (κ3) is 1.99. The van der Waals surface area contributed by atoms with Crippen molar-refractivity contribution in [3.8, 4) is 5.75 Å². The van der Waals surface area contributed by atoms with Crippen molar-refractivity contribution >= 4 is 5.97 Å². The molecule has 1 unspecified atom stereocenters. The fourth-order valence-electron chi connectivity index (χ4n) is 1.13. The van der Waals surface area contributed by atoms with Gasteiger partial charge in [0.2, 0.25) is 0 Å². The van der Waals surface area contributed by atoms with E-state index in [2.05, 4.69) is 0 Å². The Morgan fingerprint density at radius 3 is 2.29 bits per heavy atom. The summed E-state index contributed by atoms with van der Waals surface area (Å²) in [7, 11) is 0. The van der Waals surface area contributed by atoms with Crippen molar-refractivity contribution in [1.82, 2.24) is 0 Å². The topological polar surface area (TPSA) is 57.5 Å². The summed E-state index contributed by atoms with van der Waals surface area (Å²) >= 11 is 0. The average molecular weight is 202 g/mol. The summed E-state index contributed by atoms with van der Waals surface area (Å²) in [5, 5.41) is 17.7. The van der Waals surface area contributed by atoms with Gasteiger partial charge in [0.15, 0.2) is 0 Å². The number of phenols is 1. The zero-order chi connectivity index (χ0) is 10.7. The molecular weight excluding hydrogens is 194 g/mol. The van der Waals surface area contributed by atoms with E-state index in [1.54, 1.807) is 0 Å². The van der Waals surface area contributed by atoms with E-state index in [0.29, 0.717) is 0 Å². The number of aliphatic carboxylic acids is 1. The second kappa shape index (κ2) is 4.04. The van der Waals surface area contributed by atoms with Crippen molar-refractivity contribution in [2.45, 2.75) is 12.3 Å². The number of carboxylic acids is 1. The highest BCUT2D eigenvalue weighted by Gasteiger charge is 2.31. The molecule has 0 aromatic heterocycles. The quantitative estimate of drug-likeness (QED) is 0.786. The minimum atomic E-state index is -3.04. The largest absolute Gasteiger partial charge is 0.508 e. The second-order valence-corrected chi connectivity index (χ2v) is 2.71. The van der Waals surface area contributed by atoms with Gasteiger partial charge in [0.05, 0.1) is 0 Å². The van der Waals surface area contributed by atoms with Crippen LogP contribution in [0, 0.1) is 0 Å². The highest BCUT2D eigenvalue weighted by Crippen LogP contribution is 2.30. The Labute approximate surface area is 78.6 Å². The number of carbonyl (C=O) groups is 1. The van der Waals surface area contributed by atoms with Crippen LogP contribution in [0.5, 0.6) is 5.75 Å². The summed E-state index contributed by atoms with van der Waals surface area (Å²) in [5.74, 6) is -4.06. The van der Waals surface area contributed by atoms with Crippen LogP contribution in [0.15, 0.2) is 24.3 Å². The molecule has 3 nitrogen and oxygen atoms in total. The first-order valence-corrected chi connectivity index (χ1v) is 3.83. The summed E-state index contributed by atoms with van der Waals surface area (Å²) in [5.41, 5.74) is -0.269. The van der Waals surface area contributed by atoms with Gasteiger partial charge in [-0.25, -0.2) is 8.78 Å². The van der Waals surface area contributed by atoms with Crippen molar-refractivity contribution in [3.63, 3.8) is 0 Å². The van der Waals surface area contributed by atoms with Crippen molar-refractivity contribution in [1.29, 1.82) is 0 Å². The summed E-state index contributed by atoms with van der Waals surface area (Å²) in [6.07, 6.45) is -3.04. The number of benzene rings is 1. The first-order chi connectivity index (χ1) is 6.54. The smallest absolute Gasteiger partial charge is 0.316 e. The molecule has 1 atom stereocenters. The molecule has 0 fully saturated rings. The normalized spacial score (nSPS) is 12.8. The molecule has 14 heavy (non-hydrogen) atoms. The fraction of sp³-hybridized carbons (Fsp3) is 0.222. The molecule has 0 bridgehead atoms. The van der Waals surface area contributed by atoms with Gasteiger partial charge < -0.3 is 10.2 Å². The zero-order valence-corrected chi connectivity index (χ0v) is 7.02. The molecule has 0 aliphatic rings. The second-order valence-electron chi connectivity index (χ2n) is 2.71. The lowest BCUT2D eigenvalue weighted by atomic mass is 9.99. The number of phenolic OH excluding ortho intramolecular Hbond substituents is 1. The first kappa shape index (κ1) is 10.4. The standard InChI is InChI=1S/C9H8F2O3/c10-8(11)7(9(13)14)5-3-1-2-4-6(5)12/h1-4,7-8,12H,(H,13,14). The van der Waals surface area contributed by atoms with Crippen LogP contribution in [0.3, 0.4) is 0 Å². The molecule has 0 saturated carbocycles. The van der Waals surface area contributed by atoms with Gasteiger partial charge in [-0.3, -0.25) is 4.79 Å². The SMILES string of the molecule is O=C(O)C(c1ccccc1O)C(F)F. The van der Waals surface area contributed by atoms with Crippen LogP contribution in [-0.2, 0) is 4.79 Å². The Morgan fingerprint density at radius 2 is 1.86 bits per heavy atom. The number of alkyl halides is 2. The molecule has 1 rings (SSSR count). The fourth-order valence-corrected chi connectivity index (χ4v) is 1.13. The van der Waals surface area contributed by atoms with E-state index in [1.807, 2.05) is 0 Å². The summed E-state index contributed by atoms with van der Waals surface area (Å²) < 4.78 is 24.6. The molecule has 1 aromatic carbocycles. The Bertz CT molecular complexity index is 339. The lowest BCUT2D eigenvalue weighted by molar-refractivity contribution is -0.142. The molecule has 0 aliphatic carbocycles. The van der Waals surface area contributed by atoms with Crippen LogP contribution in [0.25, 0.3) is 0 Å². The maximum Gasteiger partial charge on any atom is 0.316 e. The van der Waals surface area contributed by atoms with Crippen molar-refractivity contribution in [2.75, 3.05) is 0 Å². The van der Waals surface area contributed by atoms with Gasteiger partial charge in [-0.05, 0) is 6.07 Å². The van der Waals surface area contributed by atoms with Gasteiger partial charge in [0.1, 0.15) is 11.7 Å². The number of hydrogen-bond donors (Lipinski definition) is 2. The highest BCUT2D eigenvalue weighted by atomic mass is 19.3. The minimum absolute atomic E-state index is 0.269. The van der Waals surface area contributed by atoms with Crippen LogP contribution >= 0.6 is 0 Å². The lowest BCUT2D eigenvalue weighted by Crippen LogP contribution is -2.19. The summed E-state index contributed by atoms with van der Waals surface area (Å²) in [4.78, 5) is 10.5. The molecule has 0 radical (unpaired) electrons. The molecule has 2 N–H and O–H groups in total. The predicted molar refractivity (Wildman–Crippen MR) is 44.5 cm³/mol. The Morgan fingerprint density at radius 1 is 1.29 bits per heavy atom. The van der Waals surface area contributed by atoms with Crippen molar-refractivity contribution in [2.24, 2.45) is 0 Å². The van der Waals surface area contributed by atoms with E-state index >= 15 is 0 Å². The lowest BCUT2D eigenvalue weighted by Gasteiger charge is -2.12. The maximum absolute atomic E-state index is 12.3. The van der Waals surface area contributed by atoms with Gasteiger partial charge >= 0.3 is 5.97 Å². The third-order valence-corrected chi connectivity index (χ3v) is 1.79. The number of halogens is 2. The van der Waals surface area contributed by atoms with Crippen LogP contribution in [0.1, 0.15) is 11.5 Å². The third-order valence-electron chi connectivity index (χ3n) is 1.79. The molecule has 0 saturated heterocycles. The van der Waals surface area contributed by atoms with E-state index in [0.717, 1.165) is 0 Å². The van der Waals surface area contributed by atoms with Crippen LogP contribution in [-0.4, -0.2) is 22.6 Å². The molecular formula is C9H8F2O3. The van der Waals surface area contributed by atoms with Gasteiger partial charge in [0, 0.05) is 5.56 Å². The Kier molecular flexibility index (Phi) is 3.01. The molecule has 76 valence electrons. The Hall–Kier alpha value is -1.65. The van der Waals surface area contributed by atoms with E-state index in [9.17, 15) is 18.7 Å². The van der Waals surface area contributed by atoms with E-state index in [4.69, 9.17) is 5.11 Å². The van der Waals surface area contributed by atoms with Crippen LogP contribution < -0.4 is 0 Å². The van der Waals surface area contributed by atoms with Crippen molar-refractivity contribution in [3.05, 3.63) is 29.8 Å². The van der Waals surface area contributed by atoms with Crippen molar-refractivity contribution < 1.29 is 23.8 Å². The Balaban J connectivity index is 3.12. The minimum Gasteiger partial charge on any atom is -0.508 e. The predicted octanol–water partition coefficient (Wildman–Crippen LogP) is 1.83. The molecule has 5 heteroatoms. The number of carboxylic acid groups (broad SMARTS) is 1. The maximum atomic E-state index is 12.3. The van der Waals surface area contributed by atoms with E-state index < -0.39 is 24.1 Å². The van der Waals surface area contributed by atoms with E-state index in [-0.39, 0.29) is 5.56 Å². The number of para-hydroxylation sites is 1. The molecule has 0 amide bonds. The number of aromatic hydroxyl groups is 1. The monoisotopic (exact) mass is 202 g/mol. The molecule has 1 aromatic rings. The average Bonchev–Trinajstić information content (AvgIpc) is 2.07. The molecule has 0 aliphatic heterocycles. The van der Waals surface area contributed by atoms with Gasteiger partial charge in [-0.15, -0.1) is 0 Å².